The van der Waals surface area contributed by atoms with Crippen LogP contribution in [0.5, 0.6) is 5.75 Å². The summed E-state index contributed by atoms with van der Waals surface area (Å²) in [6.07, 6.45) is 1.12. The van der Waals surface area contributed by atoms with E-state index in [1.165, 1.54) is 5.56 Å². The fourth-order valence-corrected chi connectivity index (χ4v) is 2.55. The Morgan fingerprint density at radius 3 is 3.00 bits per heavy atom. The van der Waals surface area contributed by atoms with E-state index in [2.05, 4.69) is 49.3 Å². The van der Waals surface area contributed by atoms with E-state index in [0.717, 1.165) is 38.4 Å². The smallest absolute Gasteiger partial charge is 0.122 e. The molecule has 0 spiro atoms. The summed E-state index contributed by atoms with van der Waals surface area (Å²) in [5.41, 5.74) is 1.35. The van der Waals surface area contributed by atoms with Gasteiger partial charge in [-0.25, -0.2) is 0 Å². The molecule has 1 heterocycles. The van der Waals surface area contributed by atoms with Crippen molar-refractivity contribution in [2.45, 2.75) is 26.3 Å². The van der Waals surface area contributed by atoms with Crippen LogP contribution in [0, 0.1) is 5.92 Å². The Kier molecular flexibility index (Phi) is 5.23. The van der Waals surface area contributed by atoms with Crippen LogP contribution in [0.3, 0.4) is 0 Å². The van der Waals surface area contributed by atoms with Crippen molar-refractivity contribution in [1.29, 1.82) is 0 Å². The topological polar surface area (TPSA) is 24.5 Å². The van der Waals surface area contributed by atoms with Gasteiger partial charge in [0.1, 0.15) is 5.75 Å². The van der Waals surface area contributed by atoms with Crippen LogP contribution in [0.25, 0.3) is 0 Å². The average Bonchev–Trinajstić information content (AvgIpc) is 2.44. The Morgan fingerprint density at radius 2 is 2.21 bits per heavy atom. The zero-order chi connectivity index (χ0) is 13.7. The van der Waals surface area contributed by atoms with E-state index in [1.807, 2.05) is 6.07 Å². The lowest BCUT2D eigenvalue weighted by atomic mass is 9.96. The SMILES string of the molecule is CCN(C)CC(C)NCC1COc2ccccc2C1. The second-order valence-corrected chi connectivity index (χ2v) is 5.65. The van der Waals surface area contributed by atoms with Crippen LogP contribution >= 0.6 is 0 Å². The molecule has 1 aromatic carbocycles. The lowest BCUT2D eigenvalue weighted by molar-refractivity contribution is 0.210. The van der Waals surface area contributed by atoms with Gasteiger partial charge in [-0.05, 0) is 38.6 Å². The summed E-state index contributed by atoms with van der Waals surface area (Å²) in [5.74, 6) is 1.65. The second-order valence-electron chi connectivity index (χ2n) is 5.65. The zero-order valence-electron chi connectivity index (χ0n) is 12.4. The Labute approximate surface area is 116 Å². The van der Waals surface area contributed by atoms with E-state index in [-0.39, 0.29) is 0 Å². The van der Waals surface area contributed by atoms with Crippen molar-refractivity contribution in [2.24, 2.45) is 5.92 Å². The van der Waals surface area contributed by atoms with Gasteiger partial charge in [0.2, 0.25) is 0 Å². The third-order valence-corrected chi connectivity index (χ3v) is 3.84. The van der Waals surface area contributed by atoms with Crippen LogP contribution in [0.1, 0.15) is 19.4 Å². The Bertz CT molecular complexity index is 394. The number of rotatable bonds is 6. The summed E-state index contributed by atoms with van der Waals surface area (Å²) in [6.45, 7) is 8.52. The lowest BCUT2D eigenvalue weighted by Gasteiger charge is -2.27. The van der Waals surface area contributed by atoms with Crippen LogP contribution in [-0.4, -0.2) is 44.2 Å². The predicted molar refractivity (Wildman–Crippen MR) is 79.8 cm³/mol. The summed E-state index contributed by atoms with van der Waals surface area (Å²) in [4.78, 5) is 2.34. The summed E-state index contributed by atoms with van der Waals surface area (Å²) < 4.78 is 5.82. The maximum Gasteiger partial charge on any atom is 0.122 e. The van der Waals surface area contributed by atoms with Gasteiger partial charge in [-0.2, -0.15) is 0 Å². The van der Waals surface area contributed by atoms with Gasteiger partial charge in [0.05, 0.1) is 6.61 Å². The van der Waals surface area contributed by atoms with Crippen LogP contribution in [-0.2, 0) is 6.42 Å². The van der Waals surface area contributed by atoms with Crippen molar-refractivity contribution < 1.29 is 4.74 Å². The van der Waals surface area contributed by atoms with Crippen molar-refractivity contribution in [3.05, 3.63) is 29.8 Å². The van der Waals surface area contributed by atoms with Gasteiger partial charge < -0.3 is 15.0 Å². The van der Waals surface area contributed by atoms with E-state index >= 15 is 0 Å². The summed E-state index contributed by atoms with van der Waals surface area (Å²) in [7, 11) is 2.16. The monoisotopic (exact) mass is 262 g/mol. The predicted octanol–water partition coefficient (Wildman–Crippen LogP) is 2.17. The summed E-state index contributed by atoms with van der Waals surface area (Å²) in [5, 5.41) is 3.63. The largest absolute Gasteiger partial charge is 0.493 e. The number of likely N-dealkylation sites (N-methyl/N-ethyl adjacent to an activating group) is 1. The fourth-order valence-electron chi connectivity index (χ4n) is 2.55. The molecule has 0 amide bonds. The first-order valence-electron chi connectivity index (χ1n) is 7.31. The molecule has 0 aliphatic carbocycles. The van der Waals surface area contributed by atoms with Crippen LogP contribution in [0.2, 0.25) is 0 Å². The molecule has 106 valence electrons. The first-order valence-corrected chi connectivity index (χ1v) is 7.31. The van der Waals surface area contributed by atoms with E-state index in [9.17, 15) is 0 Å². The Balaban J connectivity index is 1.76. The fraction of sp³-hybridized carbons (Fsp3) is 0.625. The van der Waals surface area contributed by atoms with Crippen molar-refractivity contribution in [1.82, 2.24) is 10.2 Å². The molecule has 2 rings (SSSR count). The molecule has 2 unspecified atom stereocenters. The molecular weight excluding hydrogens is 236 g/mol. The minimum atomic E-state index is 0.530. The van der Waals surface area contributed by atoms with Gasteiger partial charge in [-0.3, -0.25) is 0 Å². The highest BCUT2D eigenvalue weighted by molar-refractivity contribution is 5.35. The van der Waals surface area contributed by atoms with Crippen LogP contribution in [0.4, 0.5) is 0 Å². The molecule has 0 bridgehead atoms. The first-order chi connectivity index (χ1) is 9.19. The van der Waals surface area contributed by atoms with Crippen LogP contribution in [0.15, 0.2) is 24.3 Å². The molecule has 0 saturated carbocycles. The molecule has 0 radical (unpaired) electrons. The molecule has 19 heavy (non-hydrogen) atoms. The number of ether oxygens (including phenoxy) is 1. The summed E-state index contributed by atoms with van der Waals surface area (Å²) >= 11 is 0. The summed E-state index contributed by atoms with van der Waals surface area (Å²) in [6, 6.07) is 8.91. The Hall–Kier alpha value is -1.06. The molecule has 1 N–H and O–H groups in total. The number of hydrogen-bond donors (Lipinski definition) is 1. The molecule has 0 saturated heterocycles. The number of nitrogens with zero attached hydrogens (tertiary/aromatic N) is 1. The molecule has 1 aliphatic heterocycles. The second kappa shape index (κ2) is 6.92. The van der Waals surface area contributed by atoms with Crippen molar-refractivity contribution >= 4 is 0 Å². The van der Waals surface area contributed by atoms with Crippen molar-refractivity contribution in [3.8, 4) is 5.75 Å². The minimum Gasteiger partial charge on any atom is -0.493 e. The van der Waals surface area contributed by atoms with Gasteiger partial charge in [0.25, 0.3) is 0 Å². The molecular formula is C16H26N2O. The van der Waals surface area contributed by atoms with Gasteiger partial charge in [0, 0.05) is 25.0 Å². The van der Waals surface area contributed by atoms with Crippen molar-refractivity contribution in [2.75, 3.05) is 33.3 Å². The molecule has 1 aliphatic rings. The van der Waals surface area contributed by atoms with E-state index < -0.39 is 0 Å². The van der Waals surface area contributed by atoms with Gasteiger partial charge in [-0.15, -0.1) is 0 Å². The minimum absolute atomic E-state index is 0.530. The zero-order valence-corrected chi connectivity index (χ0v) is 12.4. The molecule has 3 nitrogen and oxygen atoms in total. The van der Waals surface area contributed by atoms with E-state index in [4.69, 9.17) is 4.74 Å². The molecule has 1 aromatic rings. The number of hydrogen-bond acceptors (Lipinski definition) is 3. The van der Waals surface area contributed by atoms with E-state index in [1.54, 1.807) is 0 Å². The molecule has 2 atom stereocenters. The number of benzene rings is 1. The maximum atomic E-state index is 5.82. The quantitative estimate of drug-likeness (QED) is 0.850. The molecule has 0 fully saturated rings. The normalized spacial score (nSPS) is 19.9. The maximum absolute atomic E-state index is 5.82. The van der Waals surface area contributed by atoms with E-state index in [0.29, 0.717) is 12.0 Å². The third kappa shape index (κ3) is 4.22. The Morgan fingerprint density at radius 1 is 1.42 bits per heavy atom. The van der Waals surface area contributed by atoms with Crippen molar-refractivity contribution in [3.63, 3.8) is 0 Å². The highest BCUT2D eigenvalue weighted by Gasteiger charge is 2.19. The van der Waals surface area contributed by atoms with Gasteiger partial charge >= 0.3 is 0 Å². The van der Waals surface area contributed by atoms with Crippen LogP contribution < -0.4 is 10.1 Å². The molecule has 0 aromatic heterocycles. The lowest BCUT2D eigenvalue weighted by Crippen LogP contribution is -2.41. The number of nitrogens with one attached hydrogen (secondary N) is 1. The first kappa shape index (κ1) is 14.4. The standard InChI is InChI=1S/C16H26N2O/c1-4-18(3)11-13(2)17-10-14-9-15-7-5-6-8-16(15)19-12-14/h5-8,13-14,17H,4,9-12H2,1-3H3. The number of fused-ring (bicyclic) bond motifs is 1. The van der Waals surface area contributed by atoms with Gasteiger partial charge in [-0.1, -0.05) is 25.1 Å². The number of para-hydroxylation sites is 1. The highest BCUT2D eigenvalue weighted by atomic mass is 16.5. The van der Waals surface area contributed by atoms with Gasteiger partial charge in [0.15, 0.2) is 0 Å². The average molecular weight is 262 g/mol. The highest BCUT2D eigenvalue weighted by Crippen LogP contribution is 2.26. The third-order valence-electron chi connectivity index (χ3n) is 3.84. The molecule has 3 heteroatoms.